The molecule has 2 heterocycles. The summed E-state index contributed by atoms with van der Waals surface area (Å²) in [6.45, 7) is 7.26. The van der Waals surface area contributed by atoms with Crippen molar-refractivity contribution in [2.45, 2.75) is 46.2 Å². The molecule has 1 aromatic heterocycles. The van der Waals surface area contributed by atoms with Gasteiger partial charge in [0.25, 0.3) is 0 Å². The molecule has 3 nitrogen and oxygen atoms in total. The van der Waals surface area contributed by atoms with E-state index in [-0.39, 0.29) is 18.2 Å². The third kappa shape index (κ3) is 4.02. The molecule has 1 aliphatic heterocycles. The van der Waals surface area contributed by atoms with E-state index in [1.54, 1.807) is 12.1 Å². The van der Waals surface area contributed by atoms with Crippen LogP contribution < -0.4 is 4.90 Å². The maximum Gasteiger partial charge on any atom is 0.136 e. The van der Waals surface area contributed by atoms with E-state index < -0.39 is 0 Å². The Kier molecular flexibility index (Phi) is 5.99. The standard InChI is InChI=1S/C23H24FN3.ClH/c1-15-12-19-6-4-5-7-20(19)14-27(15)23-16(2)17(3)25-22(26-23)13-18-8-10-21(24)11-9-18;/h4-11,15H,12-14H2,1-3H3;1H. The predicted octanol–water partition coefficient (Wildman–Crippen LogP) is 5.20. The van der Waals surface area contributed by atoms with Crippen LogP contribution in [0.5, 0.6) is 0 Å². The van der Waals surface area contributed by atoms with Gasteiger partial charge in [0, 0.05) is 30.3 Å². The van der Waals surface area contributed by atoms with Crippen molar-refractivity contribution in [1.29, 1.82) is 0 Å². The lowest BCUT2D eigenvalue weighted by molar-refractivity contribution is 0.582. The van der Waals surface area contributed by atoms with Gasteiger partial charge in [-0.1, -0.05) is 36.4 Å². The van der Waals surface area contributed by atoms with Crippen molar-refractivity contribution in [2.24, 2.45) is 0 Å². The Morgan fingerprint density at radius 2 is 1.68 bits per heavy atom. The normalized spacial score (nSPS) is 15.7. The van der Waals surface area contributed by atoms with Crippen LogP contribution in [0.2, 0.25) is 0 Å². The molecule has 0 saturated carbocycles. The maximum atomic E-state index is 13.2. The first-order valence-corrected chi connectivity index (χ1v) is 9.43. The van der Waals surface area contributed by atoms with Gasteiger partial charge in [0.1, 0.15) is 17.5 Å². The van der Waals surface area contributed by atoms with E-state index in [9.17, 15) is 4.39 Å². The van der Waals surface area contributed by atoms with Gasteiger partial charge in [0.15, 0.2) is 0 Å². The molecule has 3 aromatic rings. The van der Waals surface area contributed by atoms with Crippen molar-refractivity contribution in [3.8, 4) is 0 Å². The Hall–Kier alpha value is -2.46. The molecule has 0 bridgehead atoms. The molecule has 28 heavy (non-hydrogen) atoms. The highest BCUT2D eigenvalue weighted by Crippen LogP contribution is 2.30. The molecule has 1 atom stereocenters. The zero-order valence-electron chi connectivity index (χ0n) is 16.4. The fraction of sp³-hybridized carbons (Fsp3) is 0.304. The lowest BCUT2D eigenvalue weighted by Gasteiger charge is -2.37. The second-order valence-electron chi connectivity index (χ2n) is 7.43. The summed E-state index contributed by atoms with van der Waals surface area (Å²) in [6.07, 6.45) is 1.62. The molecule has 0 spiro atoms. The van der Waals surface area contributed by atoms with Crippen molar-refractivity contribution in [3.05, 3.63) is 88.1 Å². The minimum atomic E-state index is -0.221. The second-order valence-corrected chi connectivity index (χ2v) is 7.43. The van der Waals surface area contributed by atoms with E-state index in [2.05, 4.69) is 48.0 Å². The third-order valence-electron chi connectivity index (χ3n) is 5.46. The van der Waals surface area contributed by atoms with E-state index in [0.29, 0.717) is 12.5 Å². The highest BCUT2D eigenvalue weighted by molar-refractivity contribution is 5.85. The van der Waals surface area contributed by atoms with Crippen molar-refractivity contribution >= 4 is 18.2 Å². The highest BCUT2D eigenvalue weighted by Gasteiger charge is 2.26. The zero-order chi connectivity index (χ0) is 19.0. The molecule has 0 fully saturated rings. The average molecular weight is 398 g/mol. The monoisotopic (exact) mass is 397 g/mol. The molecule has 1 aliphatic rings. The number of hydrogen-bond donors (Lipinski definition) is 0. The van der Waals surface area contributed by atoms with Crippen molar-refractivity contribution in [2.75, 3.05) is 4.90 Å². The van der Waals surface area contributed by atoms with Crippen LogP contribution in [-0.4, -0.2) is 16.0 Å². The smallest absolute Gasteiger partial charge is 0.136 e. The van der Waals surface area contributed by atoms with Crippen LogP contribution in [0.3, 0.4) is 0 Å². The van der Waals surface area contributed by atoms with Crippen molar-refractivity contribution < 1.29 is 4.39 Å². The molecule has 0 radical (unpaired) electrons. The van der Waals surface area contributed by atoms with E-state index in [4.69, 9.17) is 4.98 Å². The summed E-state index contributed by atoms with van der Waals surface area (Å²) in [5, 5.41) is 0. The van der Waals surface area contributed by atoms with E-state index >= 15 is 0 Å². The average Bonchev–Trinajstić information content (AvgIpc) is 2.66. The Morgan fingerprint density at radius 3 is 2.39 bits per heavy atom. The van der Waals surface area contributed by atoms with E-state index in [1.807, 2.05) is 6.92 Å². The summed E-state index contributed by atoms with van der Waals surface area (Å²) in [7, 11) is 0. The number of aryl methyl sites for hydroxylation is 1. The summed E-state index contributed by atoms with van der Waals surface area (Å²) >= 11 is 0. The second kappa shape index (κ2) is 8.27. The molecule has 0 saturated heterocycles. The number of benzene rings is 2. The molecule has 0 amide bonds. The molecule has 0 N–H and O–H groups in total. The van der Waals surface area contributed by atoms with Gasteiger partial charge in [-0.3, -0.25) is 0 Å². The van der Waals surface area contributed by atoms with Gasteiger partial charge >= 0.3 is 0 Å². The first-order chi connectivity index (χ1) is 13.0. The van der Waals surface area contributed by atoms with Gasteiger partial charge in [0.05, 0.1) is 0 Å². The van der Waals surface area contributed by atoms with Crippen LogP contribution in [0.15, 0.2) is 48.5 Å². The number of rotatable bonds is 3. The van der Waals surface area contributed by atoms with Gasteiger partial charge in [-0.15, -0.1) is 12.4 Å². The van der Waals surface area contributed by atoms with Crippen LogP contribution in [0.4, 0.5) is 10.2 Å². The third-order valence-corrected chi connectivity index (χ3v) is 5.46. The Morgan fingerprint density at radius 1 is 1.00 bits per heavy atom. The summed E-state index contributed by atoms with van der Waals surface area (Å²) in [5.74, 6) is 1.58. The summed E-state index contributed by atoms with van der Waals surface area (Å²) in [5.41, 5.74) is 5.94. The van der Waals surface area contributed by atoms with Gasteiger partial charge in [-0.2, -0.15) is 0 Å². The largest absolute Gasteiger partial charge is 0.349 e. The lowest BCUT2D eigenvalue weighted by Crippen LogP contribution is -2.39. The first-order valence-electron chi connectivity index (χ1n) is 9.43. The molecular formula is C23H25ClFN3. The van der Waals surface area contributed by atoms with Gasteiger partial charge in [0.2, 0.25) is 0 Å². The number of fused-ring (bicyclic) bond motifs is 1. The maximum absolute atomic E-state index is 13.2. The Balaban J connectivity index is 0.00000225. The Bertz CT molecular complexity index is 972. The highest BCUT2D eigenvalue weighted by atomic mass is 35.5. The molecule has 4 rings (SSSR count). The van der Waals surface area contributed by atoms with Gasteiger partial charge < -0.3 is 4.90 Å². The van der Waals surface area contributed by atoms with Crippen LogP contribution >= 0.6 is 12.4 Å². The molecule has 1 unspecified atom stereocenters. The Labute approximate surface area is 172 Å². The van der Waals surface area contributed by atoms with Crippen LogP contribution in [-0.2, 0) is 19.4 Å². The molecular weight excluding hydrogens is 373 g/mol. The molecule has 146 valence electrons. The summed E-state index contributed by atoms with van der Waals surface area (Å²) in [4.78, 5) is 12.0. The van der Waals surface area contributed by atoms with E-state index in [1.165, 1.54) is 23.3 Å². The minimum absolute atomic E-state index is 0. The fourth-order valence-corrected chi connectivity index (χ4v) is 3.78. The SMILES string of the molecule is Cc1nc(Cc2ccc(F)cc2)nc(N2Cc3ccccc3CC2C)c1C.Cl. The van der Waals surface area contributed by atoms with Gasteiger partial charge in [-0.25, -0.2) is 14.4 Å². The summed E-state index contributed by atoms with van der Waals surface area (Å²) in [6, 6.07) is 15.6. The lowest BCUT2D eigenvalue weighted by atomic mass is 9.94. The number of anilines is 1. The van der Waals surface area contributed by atoms with Gasteiger partial charge in [-0.05, 0) is 56.0 Å². The molecule has 2 aromatic carbocycles. The van der Waals surface area contributed by atoms with Crippen molar-refractivity contribution in [1.82, 2.24) is 9.97 Å². The first kappa shape index (κ1) is 20.3. The quantitative estimate of drug-likeness (QED) is 0.608. The minimum Gasteiger partial charge on any atom is -0.349 e. The van der Waals surface area contributed by atoms with Crippen LogP contribution in [0.1, 0.15) is 40.7 Å². The fourth-order valence-electron chi connectivity index (χ4n) is 3.78. The number of aromatic nitrogens is 2. The van der Waals surface area contributed by atoms with Crippen molar-refractivity contribution in [3.63, 3.8) is 0 Å². The molecule has 0 aliphatic carbocycles. The summed E-state index contributed by atoms with van der Waals surface area (Å²) < 4.78 is 13.2. The van der Waals surface area contributed by atoms with Crippen LogP contribution in [0.25, 0.3) is 0 Å². The van der Waals surface area contributed by atoms with Crippen LogP contribution in [0, 0.1) is 19.7 Å². The predicted molar refractivity (Wildman–Crippen MR) is 114 cm³/mol. The zero-order valence-corrected chi connectivity index (χ0v) is 17.3. The number of halogens is 2. The topological polar surface area (TPSA) is 29.0 Å². The molecule has 5 heteroatoms. The number of nitrogens with zero attached hydrogens (tertiary/aromatic N) is 3. The number of hydrogen-bond acceptors (Lipinski definition) is 3. The van der Waals surface area contributed by atoms with E-state index in [0.717, 1.165) is 41.4 Å².